The van der Waals surface area contributed by atoms with Crippen molar-refractivity contribution in [3.63, 3.8) is 0 Å². The first-order valence-corrected chi connectivity index (χ1v) is 7.45. The second-order valence-electron chi connectivity index (χ2n) is 5.68. The van der Waals surface area contributed by atoms with Gasteiger partial charge in [-0.1, -0.05) is 17.7 Å². The van der Waals surface area contributed by atoms with E-state index in [-0.39, 0.29) is 0 Å². The van der Waals surface area contributed by atoms with Crippen LogP contribution in [0.5, 0.6) is 5.75 Å². The molecule has 3 rings (SSSR count). The van der Waals surface area contributed by atoms with Crippen molar-refractivity contribution in [3.8, 4) is 5.75 Å². The number of likely N-dealkylation sites (N-methyl/N-ethyl adjacent to an activating group) is 1. The van der Waals surface area contributed by atoms with E-state index in [1.807, 2.05) is 6.07 Å². The number of halogens is 1. The molecule has 2 aliphatic heterocycles. The van der Waals surface area contributed by atoms with Crippen LogP contribution in [0.2, 0.25) is 5.02 Å². The van der Waals surface area contributed by atoms with Crippen LogP contribution in [0.1, 0.15) is 24.3 Å². The fourth-order valence-electron chi connectivity index (χ4n) is 2.92. The van der Waals surface area contributed by atoms with Gasteiger partial charge in [-0.25, -0.2) is 0 Å². The number of benzene rings is 1. The van der Waals surface area contributed by atoms with Crippen molar-refractivity contribution in [2.24, 2.45) is 0 Å². The molecule has 1 aromatic carbocycles. The summed E-state index contributed by atoms with van der Waals surface area (Å²) in [4.78, 5) is 2.24. The fraction of sp³-hybridized carbons (Fsp3) is 0.600. The fourth-order valence-corrected chi connectivity index (χ4v) is 3.15. The summed E-state index contributed by atoms with van der Waals surface area (Å²) in [6.45, 7) is 4.20. The first-order valence-electron chi connectivity index (χ1n) is 7.08. The van der Waals surface area contributed by atoms with Crippen LogP contribution in [0.4, 0.5) is 0 Å². The highest BCUT2D eigenvalue weighted by Gasteiger charge is 2.25. The Hall–Kier alpha value is -0.770. The number of piperidine rings is 1. The van der Waals surface area contributed by atoms with Crippen LogP contribution in [-0.2, 0) is 0 Å². The molecule has 0 aliphatic carbocycles. The number of nitrogens with zero attached hydrogens (tertiary/aromatic N) is 1. The minimum Gasteiger partial charge on any atom is -0.486 e. The summed E-state index contributed by atoms with van der Waals surface area (Å²) < 4.78 is 5.91. The second-order valence-corrected chi connectivity index (χ2v) is 6.08. The molecule has 2 fully saturated rings. The van der Waals surface area contributed by atoms with E-state index in [4.69, 9.17) is 16.3 Å². The molecule has 3 nitrogen and oxygen atoms in total. The lowest BCUT2D eigenvalue weighted by atomic mass is 9.90. The SMILES string of the molecule is CN1CC(Oc2ccc(C3CCNCC3)cc2Cl)C1. The first kappa shape index (κ1) is 13.2. The van der Waals surface area contributed by atoms with Gasteiger partial charge in [-0.05, 0) is 56.6 Å². The van der Waals surface area contributed by atoms with Crippen LogP contribution in [0.15, 0.2) is 18.2 Å². The molecule has 1 N–H and O–H groups in total. The van der Waals surface area contributed by atoms with Gasteiger partial charge in [0.2, 0.25) is 0 Å². The van der Waals surface area contributed by atoms with Gasteiger partial charge < -0.3 is 10.1 Å². The smallest absolute Gasteiger partial charge is 0.138 e. The predicted molar refractivity (Wildman–Crippen MR) is 78.2 cm³/mol. The van der Waals surface area contributed by atoms with Gasteiger partial charge in [0, 0.05) is 13.1 Å². The molecule has 1 aromatic rings. The molecule has 0 unspecified atom stereocenters. The maximum atomic E-state index is 6.36. The monoisotopic (exact) mass is 280 g/mol. The molecule has 2 heterocycles. The van der Waals surface area contributed by atoms with E-state index in [1.165, 1.54) is 18.4 Å². The Balaban J connectivity index is 1.66. The van der Waals surface area contributed by atoms with Crippen molar-refractivity contribution in [1.29, 1.82) is 0 Å². The summed E-state index contributed by atoms with van der Waals surface area (Å²) in [6.07, 6.45) is 2.70. The van der Waals surface area contributed by atoms with E-state index < -0.39 is 0 Å². The van der Waals surface area contributed by atoms with Crippen molar-refractivity contribution in [1.82, 2.24) is 10.2 Å². The minimum atomic E-state index is 0.298. The van der Waals surface area contributed by atoms with Gasteiger partial charge in [0.1, 0.15) is 11.9 Å². The molecule has 0 amide bonds. The van der Waals surface area contributed by atoms with Crippen molar-refractivity contribution >= 4 is 11.6 Å². The maximum Gasteiger partial charge on any atom is 0.138 e. The molecule has 0 spiro atoms. The normalized spacial score (nSPS) is 22.2. The van der Waals surface area contributed by atoms with Gasteiger partial charge >= 0.3 is 0 Å². The molecular weight excluding hydrogens is 260 g/mol. The van der Waals surface area contributed by atoms with Gasteiger partial charge in [0.15, 0.2) is 0 Å². The Bertz CT molecular complexity index is 440. The molecule has 0 atom stereocenters. The highest BCUT2D eigenvalue weighted by Crippen LogP contribution is 2.33. The average molecular weight is 281 g/mol. The number of likely N-dealkylation sites (tertiary alicyclic amines) is 1. The van der Waals surface area contributed by atoms with Crippen molar-refractivity contribution < 1.29 is 4.74 Å². The second kappa shape index (κ2) is 5.70. The molecular formula is C15H21ClN2O. The van der Waals surface area contributed by atoms with E-state index in [2.05, 4.69) is 29.4 Å². The summed E-state index contributed by atoms with van der Waals surface area (Å²) in [5.41, 5.74) is 1.35. The van der Waals surface area contributed by atoms with Gasteiger partial charge in [-0.2, -0.15) is 0 Å². The van der Waals surface area contributed by atoms with Gasteiger partial charge in [-0.3, -0.25) is 4.90 Å². The Morgan fingerprint density at radius 3 is 2.63 bits per heavy atom. The number of ether oxygens (including phenoxy) is 1. The molecule has 19 heavy (non-hydrogen) atoms. The predicted octanol–water partition coefficient (Wildman–Crippen LogP) is 2.50. The lowest BCUT2D eigenvalue weighted by molar-refractivity contribution is 0.0389. The Kier molecular flexibility index (Phi) is 3.96. The summed E-state index contributed by atoms with van der Waals surface area (Å²) in [5, 5.41) is 4.15. The number of nitrogens with one attached hydrogen (secondary N) is 1. The van der Waals surface area contributed by atoms with Gasteiger partial charge in [0.25, 0.3) is 0 Å². The van der Waals surface area contributed by atoms with Crippen LogP contribution >= 0.6 is 11.6 Å². The highest BCUT2D eigenvalue weighted by molar-refractivity contribution is 6.32. The third-order valence-corrected chi connectivity index (χ3v) is 4.39. The van der Waals surface area contributed by atoms with Crippen LogP contribution in [-0.4, -0.2) is 44.2 Å². The zero-order valence-electron chi connectivity index (χ0n) is 11.4. The Morgan fingerprint density at radius 2 is 2.00 bits per heavy atom. The molecule has 0 aromatic heterocycles. The molecule has 0 bridgehead atoms. The summed E-state index contributed by atoms with van der Waals surface area (Å²) >= 11 is 6.36. The summed E-state index contributed by atoms with van der Waals surface area (Å²) in [6, 6.07) is 6.31. The first-order chi connectivity index (χ1) is 9.22. The van der Waals surface area contributed by atoms with Crippen molar-refractivity contribution in [3.05, 3.63) is 28.8 Å². The number of hydrogen-bond donors (Lipinski definition) is 1. The minimum absolute atomic E-state index is 0.298. The van der Waals surface area contributed by atoms with Crippen LogP contribution in [0, 0.1) is 0 Å². The zero-order chi connectivity index (χ0) is 13.2. The Morgan fingerprint density at radius 1 is 1.26 bits per heavy atom. The van der Waals surface area contributed by atoms with Crippen molar-refractivity contribution in [2.75, 3.05) is 33.2 Å². The average Bonchev–Trinajstić information content (AvgIpc) is 2.40. The molecule has 0 saturated carbocycles. The van der Waals surface area contributed by atoms with Crippen molar-refractivity contribution in [2.45, 2.75) is 24.9 Å². The van der Waals surface area contributed by atoms with E-state index >= 15 is 0 Å². The largest absolute Gasteiger partial charge is 0.486 e. The lowest BCUT2D eigenvalue weighted by Crippen LogP contribution is -2.51. The number of hydrogen-bond acceptors (Lipinski definition) is 3. The third-order valence-electron chi connectivity index (χ3n) is 4.09. The summed E-state index contributed by atoms with van der Waals surface area (Å²) in [7, 11) is 2.10. The molecule has 2 aliphatic rings. The molecule has 104 valence electrons. The zero-order valence-corrected chi connectivity index (χ0v) is 12.1. The molecule has 4 heteroatoms. The van der Waals surface area contributed by atoms with Crippen LogP contribution in [0.25, 0.3) is 0 Å². The maximum absolute atomic E-state index is 6.36. The quantitative estimate of drug-likeness (QED) is 0.921. The van der Waals surface area contributed by atoms with E-state index in [0.29, 0.717) is 12.0 Å². The van der Waals surface area contributed by atoms with E-state index in [1.54, 1.807) is 0 Å². The van der Waals surface area contributed by atoms with Gasteiger partial charge in [0.05, 0.1) is 5.02 Å². The number of rotatable bonds is 3. The molecule has 2 saturated heterocycles. The topological polar surface area (TPSA) is 24.5 Å². The standard InChI is InChI=1S/C15H21ClN2O/c1-18-9-13(10-18)19-15-3-2-12(8-14(15)16)11-4-6-17-7-5-11/h2-3,8,11,13,17H,4-7,9-10H2,1H3. The third kappa shape index (κ3) is 3.04. The van der Waals surface area contributed by atoms with Crippen LogP contribution < -0.4 is 10.1 Å². The lowest BCUT2D eigenvalue weighted by Gasteiger charge is -2.36. The van der Waals surface area contributed by atoms with E-state index in [9.17, 15) is 0 Å². The van der Waals surface area contributed by atoms with Crippen LogP contribution in [0.3, 0.4) is 0 Å². The molecule has 0 radical (unpaired) electrons. The Labute approximate surface area is 119 Å². The summed E-state index contributed by atoms with van der Waals surface area (Å²) in [5.74, 6) is 1.47. The van der Waals surface area contributed by atoms with E-state index in [0.717, 1.165) is 37.0 Å². The highest BCUT2D eigenvalue weighted by atomic mass is 35.5. The van der Waals surface area contributed by atoms with Gasteiger partial charge in [-0.15, -0.1) is 0 Å².